The fourth-order valence-corrected chi connectivity index (χ4v) is 1.66. The van der Waals surface area contributed by atoms with Crippen LogP contribution in [0.3, 0.4) is 0 Å². The topological polar surface area (TPSA) is 37.3 Å². The molecule has 86 valence electrons. The lowest BCUT2D eigenvalue weighted by Gasteiger charge is -2.11. The maximum absolute atomic E-state index is 11.2. The fourth-order valence-electron chi connectivity index (χ4n) is 1.66. The minimum absolute atomic E-state index is 0.392. The molecule has 2 heteroatoms. The van der Waals surface area contributed by atoms with Gasteiger partial charge in [-0.2, -0.15) is 0 Å². The molecule has 1 unspecified atom stereocenters. The second-order valence-corrected chi connectivity index (χ2v) is 4.16. The third kappa shape index (κ3) is 3.89. The van der Waals surface area contributed by atoms with Gasteiger partial charge in [-0.15, -0.1) is 0 Å². The van der Waals surface area contributed by atoms with Crippen molar-refractivity contribution in [2.75, 3.05) is 0 Å². The molecule has 0 saturated heterocycles. The Morgan fingerprint density at radius 2 is 1.94 bits per heavy atom. The highest BCUT2D eigenvalue weighted by Gasteiger charge is 2.18. The van der Waals surface area contributed by atoms with E-state index in [9.17, 15) is 9.90 Å². The molecule has 0 aliphatic heterocycles. The van der Waals surface area contributed by atoms with Crippen molar-refractivity contribution in [1.29, 1.82) is 0 Å². The first kappa shape index (κ1) is 12.5. The maximum Gasteiger partial charge on any atom is 0.310 e. The number of carbonyl (C=O) groups is 1. The van der Waals surface area contributed by atoms with Crippen molar-refractivity contribution in [1.82, 2.24) is 0 Å². The van der Waals surface area contributed by atoms with Gasteiger partial charge in [-0.1, -0.05) is 42.0 Å². The van der Waals surface area contributed by atoms with E-state index >= 15 is 0 Å². The summed E-state index contributed by atoms with van der Waals surface area (Å²) in [5.41, 5.74) is 2.12. The van der Waals surface area contributed by atoms with Gasteiger partial charge in [0.2, 0.25) is 0 Å². The minimum Gasteiger partial charge on any atom is -0.481 e. The summed E-state index contributed by atoms with van der Waals surface area (Å²) in [6.45, 7) is 4.05. The van der Waals surface area contributed by atoms with Crippen LogP contribution in [0.1, 0.15) is 38.2 Å². The number of aliphatic carboxylic acids is 1. The normalized spacial score (nSPS) is 11.9. The molecule has 0 aromatic heterocycles. The lowest BCUT2D eigenvalue weighted by molar-refractivity contribution is -0.138. The van der Waals surface area contributed by atoms with E-state index < -0.39 is 11.9 Å². The van der Waals surface area contributed by atoms with Crippen molar-refractivity contribution in [3.63, 3.8) is 0 Å². The van der Waals surface area contributed by atoms with Crippen molar-refractivity contribution in [2.45, 2.75) is 32.6 Å². The average Bonchev–Trinajstić information content (AvgIpc) is 2.25. The standard InChI is InChI=1S/C14H18O2/c1-11(2)7-6-10-13(14(15)16)12-8-4-3-5-9-12/h3-5,7-9,13H,6,10H2,1-2H3,(H,15,16). The minimum atomic E-state index is -0.742. The summed E-state index contributed by atoms with van der Waals surface area (Å²) < 4.78 is 0. The third-order valence-electron chi connectivity index (χ3n) is 2.51. The smallest absolute Gasteiger partial charge is 0.310 e. The summed E-state index contributed by atoms with van der Waals surface area (Å²) in [4.78, 5) is 11.2. The molecule has 1 rings (SSSR count). The second kappa shape index (κ2) is 6.11. The molecule has 0 spiro atoms. The molecule has 0 bridgehead atoms. The number of benzene rings is 1. The Balaban J connectivity index is 2.70. The summed E-state index contributed by atoms with van der Waals surface area (Å²) in [5, 5.41) is 9.17. The summed E-state index contributed by atoms with van der Waals surface area (Å²) >= 11 is 0. The van der Waals surface area contributed by atoms with Gasteiger partial charge < -0.3 is 5.11 Å². The maximum atomic E-state index is 11.2. The summed E-state index contributed by atoms with van der Waals surface area (Å²) in [5.74, 6) is -1.13. The molecule has 16 heavy (non-hydrogen) atoms. The SMILES string of the molecule is CC(C)=CCCC(C(=O)O)c1ccccc1. The summed E-state index contributed by atoms with van der Waals surface area (Å²) in [6.07, 6.45) is 3.55. The molecule has 1 aromatic carbocycles. The zero-order valence-corrected chi connectivity index (χ0v) is 9.81. The molecule has 0 saturated carbocycles. The Hall–Kier alpha value is -1.57. The van der Waals surface area contributed by atoms with Crippen LogP contribution in [-0.2, 0) is 4.79 Å². The molecular formula is C14H18O2. The van der Waals surface area contributed by atoms with Crippen LogP contribution in [0.5, 0.6) is 0 Å². The van der Waals surface area contributed by atoms with E-state index in [0.717, 1.165) is 12.0 Å². The largest absolute Gasteiger partial charge is 0.481 e. The van der Waals surface area contributed by atoms with E-state index in [-0.39, 0.29) is 0 Å². The quantitative estimate of drug-likeness (QED) is 0.767. The summed E-state index contributed by atoms with van der Waals surface area (Å²) in [6, 6.07) is 9.42. The van der Waals surface area contributed by atoms with Crippen molar-refractivity contribution in [2.24, 2.45) is 0 Å². The lowest BCUT2D eigenvalue weighted by atomic mass is 9.94. The number of hydrogen-bond acceptors (Lipinski definition) is 1. The van der Waals surface area contributed by atoms with Gasteiger partial charge in [0.05, 0.1) is 5.92 Å². The Morgan fingerprint density at radius 1 is 1.31 bits per heavy atom. The van der Waals surface area contributed by atoms with Gasteiger partial charge in [-0.3, -0.25) is 4.79 Å². The van der Waals surface area contributed by atoms with Crippen LogP contribution in [-0.4, -0.2) is 11.1 Å². The number of allylic oxidation sites excluding steroid dienone is 2. The van der Waals surface area contributed by atoms with Gasteiger partial charge in [0.25, 0.3) is 0 Å². The molecule has 0 amide bonds. The predicted molar refractivity (Wildman–Crippen MR) is 65.5 cm³/mol. The highest BCUT2D eigenvalue weighted by molar-refractivity contribution is 5.76. The van der Waals surface area contributed by atoms with Crippen LogP contribution in [0.2, 0.25) is 0 Å². The molecule has 1 aromatic rings. The van der Waals surface area contributed by atoms with E-state index in [2.05, 4.69) is 6.08 Å². The van der Waals surface area contributed by atoms with E-state index in [1.807, 2.05) is 44.2 Å². The van der Waals surface area contributed by atoms with Gasteiger partial charge in [0.15, 0.2) is 0 Å². The third-order valence-corrected chi connectivity index (χ3v) is 2.51. The van der Waals surface area contributed by atoms with Gasteiger partial charge in [0.1, 0.15) is 0 Å². The molecule has 0 fully saturated rings. The van der Waals surface area contributed by atoms with Crippen LogP contribution in [0.25, 0.3) is 0 Å². The molecule has 2 nitrogen and oxygen atoms in total. The van der Waals surface area contributed by atoms with E-state index in [1.54, 1.807) is 0 Å². The first-order chi connectivity index (χ1) is 7.61. The van der Waals surface area contributed by atoms with Crippen molar-refractivity contribution < 1.29 is 9.90 Å². The van der Waals surface area contributed by atoms with Crippen molar-refractivity contribution in [3.8, 4) is 0 Å². The van der Waals surface area contributed by atoms with Crippen LogP contribution in [0.4, 0.5) is 0 Å². The Bertz CT molecular complexity index is 362. The van der Waals surface area contributed by atoms with Gasteiger partial charge in [-0.05, 0) is 32.3 Å². The first-order valence-corrected chi connectivity index (χ1v) is 5.52. The lowest BCUT2D eigenvalue weighted by Crippen LogP contribution is -2.11. The number of hydrogen-bond donors (Lipinski definition) is 1. The van der Waals surface area contributed by atoms with E-state index in [0.29, 0.717) is 6.42 Å². The van der Waals surface area contributed by atoms with Gasteiger partial charge >= 0.3 is 5.97 Å². The van der Waals surface area contributed by atoms with Crippen LogP contribution in [0, 0.1) is 0 Å². The zero-order valence-electron chi connectivity index (χ0n) is 9.81. The molecule has 1 N–H and O–H groups in total. The molecule has 0 heterocycles. The monoisotopic (exact) mass is 218 g/mol. The Kier molecular flexibility index (Phi) is 4.77. The van der Waals surface area contributed by atoms with Crippen LogP contribution in [0.15, 0.2) is 42.0 Å². The average molecular weight is 218 g/mol. The Labute approximate surface area is 96.6 Å². The molecular weight excluding hydrogens is 200 g/mol. The van der Waals surface area contributed by atoms with Crippen LogP contribution >= 0.6 is 0 Å². The zero-order chi connectivity index (χ0) is 12.0. The number of carboxylic acids is 1. The first-order valence-electron chi connectivity index (χ1n) is 5.52. The van der Waals surface area contributed by atoms with Crippen LogP contribution < -0.4 is 0 Å². The van der Waals surface area contributed by atoms with Gasteiger partial charge in [-0.25, -0.2) is 0 Å². The highest BCUT2D eigenvalue weighted by Crippen LogP contribution is 2.21. The molecule has 0 aliphatic carbocycles. The molecule has 1 atom stereocenters. The number of carboxylic acid groups (broad SMARTS) is 1. The predicted octanol–water partition coefficient (Wildman–Crippen LogP) is 3.60. The molecule has 0 aliphatic rings. The van der Waals surface area contributed by atoms with Crippen molar-refractivity contribution in [3.05, 3.63) is 47.5 Å². The summed E-state index contributed by atoms with van der Waals surface area (Å²) in [7, 11) is 0. The second-order valence-electron chi connectivity index (χ2n) is 4.16. The Morgan fingerprint density at radius 3 is 2.44 bits per heavy atom. The fraction of sp³-hybridized carbons (Fsp3) is 0.357. The number of rotatable bonds is 5. The van der Waals surface area contributed by atoms with Gasteiger partial charge in [0, 0.05) is 0 Å². The van der Waals surface area contributed by atoms with Crippen molar-refractivity contribution >= 4 is 5.97 Å². The molecule has 0 radical (unpaired) electrons. The van der Waals surface area contributed by atoms with E-state index in [4.69, 9.17) is 0 Å². The van der Waals surface area contributed by atoms with E-state index in [1.165, 1.54) is 5.57 Å². The highest BCUT2D eigenvalue weighted by atomic mass is 16.4.